The van der Waals surface area contributed by atoms with Crippen LogP contribution < -0.4 is 87.6 Å². The maximum Gasteiger partial charge on any atom is 0.329 e. The molecular weight excluding hydrogens is 1010 g/mol. The second-order valence-electron chi connectivity index (χ2n) is 19.4. The van der Waals surface area contributed by atoms with E-state index in [1.807, 2.05) is 0 Å². The van der Waals surface area contributed by atoms with Crippen molar-refractivity contribution in [1.29, 1.82) is 0 Å². The van der Waals surface area contributed by atoms with Gasteiger partial charge in [-0.2, -0.15) is 0 Å². The van der Waals surface area contributed by atoms with Crippen molar-refractivity contribution in [1.82, 2.24) is 53.2 Å². The molecule has 23 N–H and O–H groups in total. The van der Waals surface area contributed by atoms with Crippen LogP contribution >= 0.6 is 0 Å². The third-order valence-electron chi connectivity index (χ3n) is 12.3. The SMILES string of the molecule is CCCCCCCC(=O)N[C@@H](CCN)C(=O)N[C@H](C(=O)N[C@@H](CCN)C(=O)NC1CCNC(=O)[C@@H](N)[C@@H](C)OC(=O)[C@H](CCN)NC(=O)[C@H](CCN)NC(=O)[C@H](CC(C)C)NC(=O)CNC(=O)C(CCN)NC1=O)[C@@H](C)O. The van der Waals surface area contributed by atoms with Gasteiger partial charge in [-0.3, -0.25) is 47.9 Å². The van der Waals surface area contributed by atoms with Crippen molar-refractivity contribution in [3.8, 4) is 0 Å². The highest BCUT2D eigenvalue weighted by atomic mass is 16.5. The molecule has 0 aromatic carbocycles. The standard InChI is InChI=1S/C48H90N16O13/c1-6-7-8-9-10-11-36(66)57-30(13-19-50)44(72)64-39(27(4)65)47(75)62-32(15-21-52)41(69)61-33-17-23-55-46(74)38(54)28(5)77-48(76)34(16-22-53)63-42(70)31(14-20-51)60-45(73)35(24-26(2)3)58-37(67)25-56-40(68)29(12-18-49)59-43(33)71/h26-35,38-39,65H,6-25,49-54H2,1-5H3,(H,55,74)(H,56,68)(H,57,66)(H,58,67)(H,59,71)(H,60,73)(H,61,69)(H,62,75)(H,63,70)(H,64,72)/t27-,28-,29?,30+,31+,32+,33?,34+,35+,38+,39+/m1/s1. The van der Waals surface area contributed by atoms with Crippen LogP contribution in [0.15, 0.2) is 0 Å². The number of unbranched alkanes of at least 4 members (excludes halogenated alkanes) is 4. The number of hydrogen-bond donors (Lipinski definition) is 17. The number of aliphatic hydroxyl groups is 1. The number of carbonyl (C=O) groups excluding carboxylic acids is 11. The molecule has 0 aliphatic carbocycles. The lowest BCUT2D eigenvalue weighted by atomic mass is 10.0. The summed E-state index contributed by atoms with van der Waals surface area (Å²) in [5.74, 6) is -9.71. The fourth-order valence-electron chi connectivity index (χ4n) is 7.84. The maximum atomic E-state index is 14.1. The molecule has 1 saturated heterocycles. The van der Waals surface area contributed by atoms with E-state index in [1.165, 1.54) is 13.8 Å². The fraction of sp³-hybridized carbons (Fsp3) is 0.771. The Bertz CT molecular complexity index is 1930. The molecule has 10 amide bonds. The predicted octanol–water partition coefficient (Wildman–Crippen LogP) is -6.71. The Morgan fingerprint density at radius 1 is 0.636 bits per heavy atom. The first kappa shape index (κ1) is 68.9. The number of rotatable bonds is 26. The number of carbonyl (C=O) groups is 11. The van der Waals surface area contributed by atoms with Gasteiger partial charge < -0.3 is 97.4 Å². The molecule has 0 aromatic rings. The highest BCUT2D eigenvalue weighted by molar-refractivity contribution is 5.98. The number of hydrogen-bond acceptors (Lipinski definition) is 19. The van der Waals surface area contributed by atoms with Crippen molar-refractivity contribution < 1.29 is 62.6 Å². The Hall–Kier alpha value is -6.11. The lowest BCUT2D eigenvalue weighted by Gasteiger charge is -2.28. The summed E-state index contributed by atoms with van der Waals surface area (Å²) in [4.78, 5) is 149. The quantitative estimate of drug-likeness (QED) is 0.0283. The molecule has 1 heterocycles. The van der Waals surface area contributed by atoms with Crippen LogP contribution in [0.2, 0.25) is 0 Å². The van der Waals surface area contributed by atoms with Crippen LogP contribution in [0.4, 0.5) is 0 Å². The summed E-state index contributed by atoms with van der Waals surface area (Å²) >= 11 is 0. The minimum absolute atomic E-state index is 0.00269. The van der Waals surface area contributed by atoms with Gasteiger partial charge in [0.25, 0.3) is 0 Å². The Morgan fingerprint density at radius 3 is 1.75 bits per heavy atom. The summed E-state index contributed by atoms with van der Waals surface area (Å²) in [6, 6.07) is -12.8. The fourth-order valence-corrected chi connectivity index (χ4v) is 7.84. The summed E-state index contributed by atoms with van der Waals surface area (Å²) in [6.45, 7) is 6.48. The third-order valence-corrected chi connectivity index (χ3v) is 12.3. The Labute approximate surface area is 450 Å². The van der Waals surface area contributed by atoms with Gasteiger partial charge in [0, 0.05) is 13.0 Å². The van der Waals surface area contributed by atoms with Gasteiger partial charge in [-0.25, -0.2) is 4.79 Å². The largest absolute Gasteiger partial charge is 0.459 e. The van der Waals surface area contributed by atoms with Gasteiger partial charge in [0.2, 0.25) is 59.1 Å². The van der Waals surface area contributed by atoms with Gasteiger partial charge in [0.15, 0.2) is 0 Å². The molecule has 0 aromatic heterocycles. The van der Waals surface area contributed by atoms with E-state index in [2.05, 4.69) is 60.1 Å². The molecule has 1 fully saturated rings. The molecule has 29 nitrogen and oxygen atoms in total. The number of aliphatic hydroxyl groups excluding tert-OH is 1. The summed E-state index contributed by atoms with van der Waals surface area (Å²) < 4.78 is 5.47. The lowest BCUT2D eigenvalue weighted by Crippen LogP contribution is -2.61. The molecule has 29 heteroatoms. The van der Waals surface area contributed by atoms with E-state index in [1.54, 1.807) is 13.8 Å². The highest BCUT2D eigenvalue weighted by Crippen LogP contribution is 2.10. The van der Waals surface area contributed by atoms with E-state index >= 15 is 0 Å². The zero-order valence-corrected chi connectivity index (χ0v) is 45.4. The van der Waals surface area contributed by atoms with Crippen molar-refractivity contribution in [2.24, 2.45) is 40.3 Å². The van der Waals surface area contributed by atoms with Crippen LogP contribution in [0.5, 0.6) is 0 Å². The van der Waals surface area contributed by atoms with Crippen LogP contribution in [-0.4, -0.2) is 183 Å². The van der Waals surface area contributed by atoms with Gasteiger partial charge in [-0.1, -0.05) is 46.5 Å². The molecule has 1 rings (SSSR count). The second-order valence-corrected chi connectivity index (χ2v) is 19.4. The van der Waals surface area contributed by atoms with Gasteiger partial charge in [-0.15, -0.1) is 0 Å². The van der Waals surface area contributed by atoms with Crippen molar-refractivity contribution >= 4 is 65.0 Å². The molecule has 2 unspecified atom stereocenters. The van der Waals surface area contributed by atoms with Crippen LogP contribution in [0.3, 0.4) is 0 Å². The van der Waals surface area contributed by atoms with Crippen LogP contribution in [0, 0.1) is 5.92 Å². The molecule has 11 atom stereocenters. The van der Waals surface area contributed by atoms with E-state index < -0.39 is 145 Å². The second kappa shape index (κ2) is 37.6. The van der Waals surface area contributed by atoms with Crippen molar-refractivity contribution in [3.05, 3.63) is 0 Å². The van der Waals surface area contributed by atoms with E-state index in [9.17, 15) is 57.8 Å². The third kappa shape index (κ3) is 26.2. The molecule has 0 saturated carbocycles. The average Bonchev–Trinajstić information content (AvgIpc) is 3.37. The molecule has 1 aliphatic rings. The Balaban J connectivity index is 3.59. The predicted molar refractivity (Wildman–Crippen MR) is 282 cm³/mol. The number of cyclic esters (lactones) is 1. The van der Waals surface area contributed by atoms with E-state index in [0.29, 0.717) is 6.42 Å². The highest BCUT2D eigenvalue weighted by Gasteiger charge is 2.36. The topological polar surface area (TPSA) is 494 Å². The summed E-state index contributed by atoms with van der Waals surface area (Å²) in [6.07, 6.45) is 0.711. The molecule has 77 heavy (non-hydrogen) atoms. The zero-order valence-electron chi connectivity index (χ0n) is 45.4. The number of esters is 1. The maximum absolute atomic E-state index is 14.1. The average molecular weight is 1100 g/mol. The first-order valence-corrected chi connectivity index (χ1v) is 26.6. The first-order chi connectivity index (χ1) is 36.5. The van der Waals surface area contributed by atoms with Crippen molar-refractivity contribution in [2.45, 2.75) is 185 Å². The van der Waals surface area contributed by atoms with Crippen LogP contribution in [0.25, 0.3) is 0 Å². The summed E-state index contributed by atoms with van der Waals surface area (Å²) in [5.41, 5.74) is 35.1. The van der Waals surface area contributed by atoms with E-state index in [0.717, 1.165) is 25.7 Å². The van der Waals surface area contributed by atoms with Gasteiger partial charge in [-0.05, 0) is 104 Å². The monoisotopic (exact) mass is 1100 g/mol. The van der Waals surface area contributed by atoms with Crippen LogP contribution in [0.1, 0.15) is 118 Å². The van der Waals surface area contributed by atoms with Crippen molar-refractivity contribution in [3.63, 3.8) is 0 Å². The van der Waals surface area contributed by atoms with E-state index in [4.69, 9.17) is 39.1 Å². The van der Waals surface area contributed by atoms with Crippen LogP contribution in [-0.2, 0) is 57.5 Å². The Morgan fingerprint density at radius 2 is 1.18 bits per heavy atom. The summed E-state index contributed by atoms with van der Waals surface area (Å²) in [7, 11) is 0. The van der Waals surface area contributed by atoms with E-state index in [-0.39, 0.29) is 90.1 Å². The molecule has 0 bridgehead atoms. The van der Waals surface area contributed by atoms with Gasteiger partial charge in [0.05, 0.1) is 12.6 Å². The lowest BCUT2D eigenvalue weighted by molar-refractivity contribution is -0.154. The minimum atomic E-state index is -1.67. The Kier molecular flexibility index (Phi) is 33.7. The number of ether oxygens (including phenoxy) is 1. The molecule has 1 aliphatic heterocycles. The molecular formula is C48H90N16O13. The number of amides is 10. The molecule has 0 spiro atoms. The molecule has 0 radical (unpaired) electrons. The first-order valence-electron chi connectivity index (χ1n) is 26.6. The smallest absolute Gasteiger partial charge is 0.329 e. The number of nitrogens with one attached hydrogen (secondary N) is 10. The van der Waals surface area contributed by atoms with Crippen molar-refractivity contribution in [2.75, 3.05) is 45.8 Å². The minimum Gasteiger partial charge on any atom is -0.459 e. The summed E-state index contributed by atoms with van der Waals surface area (Å²) in [5, 5.41) is 35.6. The van der Waals surface area contributed by atoms with Gasteiger partial charge >= 0.3 is 5.97 Å². The zero-order chi connectivity index (χ0) is 58.2. The number of nitrogens with two attached hydrogens (primary N) is 6. The normalized spacial score (nSPS) is 23.4. The molecule has 440 valence electrons. The van der Waals surface area contributed by atoms with Gasteiger partial charge in [0.1, 0.15) is 60.5 Å².